The Morgan fingerprint density at radius 2 is 1.88 bits per heavy atom. The predicted molar refractivity (Wildman–Crippen MR) is 72.5 cm³/mol. The molecule has 1 N–H and O–H groups in total. The van der Waals surface area contributed by atoms with Crippen LogP contribution < -0.4 is 10.1 Å². The van der Waals surface area contributed by atoms with Gasteiger partial charge in [0, 0.05) is 12.5 Å². The quantitative estimate of drug-likeness (QED) is 0.850. The summed E-state index contributed by atoms with van der Waals surface area (Å²) < 4.78 is 5.79. The maximum atomic E-state index is 5.79. The Bertz CT molecular complexity index is 481. The third kappa shape index (κ3) is 3.21. The Hall–Kier alpha value is -1.54. The lowest BCUT2D eigenvalue weighted by Gasteiger charge is -2.12. The minimum Gasteiger partial charge on any atom is -0.493 e. The number of nitrogens with one attached hydrogen (secondary N) is 1. The van der Waals surface area contributed by atoms with Gasteiger partial charge in [-0.3, -0.25) is 0 Å². The van der Waals surface area contributed by atoms with Crippen LogP contribution in [0.2, 0.25) is 0 Å². The summed E-state index contributed by atoms with van der Waals surface area (Å²) in [6, 6.07) is 14.6. The van der Waals surface area contributed by atoms with Gasteiger partial charge in [0.05, 0.1) is 6.61 Å². The summed E-state index contributed by atoms with van der Waals surface area (Å²) >= 11 is 0. The van der Waals surface area contributed by atoms with E-state index in [9.17, 15) is 0 Å². The van der Waals surface area contributed by atoms with Gasteiger partial charge in [-0.15, -0.1) is 0 Å². The van der Waals surface area contributed by atoms with E-state index in [0.717, 1.165) is 18.9 Å². The first-order valence-corrected chi connectivity index (χ1v) is 6.06. The SMILES string of the molecule is CNCC(C)COc1ccc2ccccc2c1. The van der Waals surface area contributed by atoms with E-state index in [4.69, 9.17) is 4.74 Å². The molecule has 17 heavy (non-hydrogen) atoms. The van der Waals surface area contributed by atoms with Crippen LogP contribution in [0, 0.1) is 5.92 Å². The molecule has 0 aliphatic rings. The van der Waals surface area contributed by atoms with E-state index < -0.39 is 0 Å². The molecule has 2 heteroatoms. The van der Waals surface area contributed by atoms with E-state index in [0.29, 0.717) is 5.92 Å². The molecule has 2 nitrogen and oxygen atoms in total. The first-order chi connectivity index (χ1) is 8.29. The molecule has 0 aromatic heterocycles. The van der Waals surface area contributed by atoms with E-state index in [1.165, 1.54) is 10.8 Å². The Morgan fingerprint density at radius 1 is 1.12 bits per heavy atom. The molecular formula is C15H19NO. The lowest BCUT2D eigenvalue weighted by Crippen LogP contribution is -2.21. The van der Waals surface area contributed by atoms with Crippen LogP contribution in [0.15, 0.2) is 42.5 Å². The number of benzene rings is 2. The molecule has 0 amide bonds. The van der Waals surface area contributed by atoms with Crippen molar-refractivity contribution in [2.45, 2.75) is 6.92 Å². The highest BCUT2D eigenvalue weighted by Gasteiger charge is 2.02. The normalized spacial score (nSPS) is 12.6. The topological polar surface area (TPSA) is 21.3 Å². The molecule has 1 atom stereocenters. The third-order valence-corrected chi connectivity index (χ3v) is 2.81. The zero-order valence-corrected chi connectivity index (χ0v) is 10.4. The van der Waals surface area contributed by atoms with Gasteiger partial charge in [0.1, 0.15) is 5.75 Å². The summed E-state index contributed by atoms with van der Waals surface area (Å²) in [5.41, 5.74) is 0. The molecule has 0 aliphatic carbocycles. The molecular weight excluding hydrogens is 210 g/mol. The zero-order valence-electron chi connectivity index (χ0n) is 10.4. The maximum Gasteiger partial charge on any atom is 0.119 e. The number of fused-ring (bicyclic) bond motifs is 1. The Labute approximate surface area is 103 Å². The Balaban J connectivity index is 2.04. The van der Waals surface area contributed by atoms with Crippen LogP contribution in [0.25, 0.3) is 10.8 Å². The predicted octanol–water partition coefficient (Wildman–Crippen LogP) is 3.07. The van der Waals surface area contributed by atoms with Crippen LogP contribution in [0.3, 0.4) is 0 Å². The summed E-state index contributed by atoms with van der Waals surface area (Å²) in [5.74, 6) is 1.47. The fraction of sp³-hybridized carbons (Fsp3) is 0.333. The average Bonchev–Trinajstić information content (AvgIpc) is 2.36. The molecule has 1 unspecified atom stereocenters. The van der Waals surface area contributed by atoms with Crippen LogP contribution in [0.5, 0.6) is 5.75 Å². The minimum atomic E-state index is 0.520. The van der Waals surface area contributed by atoms with Crippen molar-refractivity contribution in [3.8, 4) is 5.75 Å². The van der Waals surface area contributed by atoms with Crippen LogP contribution in [-0.4, -0.2) is 20.2 Å². The van der Waals surface area contributed by atoms with E-state index in [2.05, 4.69) is 48.6 Å². The van der Waals surface area contributed by atoms with Gasteiger partial charge in [0.2, 0.25) is 0 Å². The van der Waals surface area contributed by atoms with E-state index in [1.54, 1.807) is 0 Å². The van der Waals surface area contributed by atoms with E-state index in [-0.39, 0.29) is 0 Å². The summed E-state index contributed by atoms with van der Waals surface area (Å²) in [7, 11) is 1.96. The highest BCUT2D eigenvalue weighted by atomic mass is 16.5. The molecule has 0 radical (unpaired) electrons. The molecule has 0 saturated carbocycles. The molecule has 0 spiro atoms. The number of rotatable bonds is 5. The van der Waals surface area contributed by atoms with Crippen molar-refractivity contribution in [1.82, 2.24) is 5.32 Å². The van der Waals surface area contributed by atoms with Crippen molar-refractivity contribution in [2.75, 3.05) is 20.2 Å². The van der Waals surface area contributed by atoms with E-state index in [1.807, 2.05) is 13.1 Å². The van der Waals surface area contributed by atoms with Crippen molar-refractivity contribution in [3.63, 3.8) is 0 Å². The van der Waals surface area contributed by atoms with Crippen molar-refractivity contribution in [2.24, 2.45) is 5.92 Å². The number of hydrogen-bond donors (Lipinski definition) is 1. The van der Waals surface area contributed by atoms with Crippen molar-refractivity contribution in [1.29, 1.82) is 0 Å². The van der Waals surface area contributed by atoms with Crippen LogP contribution >= 0.6 is 0 Å². The molecule has 0 bridgehead atoms. The molecule has 0 heterocycles. The molecule has 2 aromatic carbocycles. The number of hydrogen-bond acceptors (Lipinski definition) is 2. The summed E-state index contributed by atoms with van der Waals surface area (Å²) in [6.45, 7) is 3.91. The zero-order chi connectivity index (χ0) is 12.1. The van der Waals surface area contributed by atoms with Crippen LogP contribution in [0.1, 0.15) is 6.92 Å². The smallest absolute Gasteiger partial charge is 0.119 e. The summed E-state index contributed by atoms with van der Waals surface area (Å²) in [6.07, 6.45) is 0. The summed E-state index contributed by atoms with van der Waals surface area (Å²) in [5, 5.41) is 5.63. The molecule has 0 saturated heterocycles. The van der Waals surface area contributed by atoms with Crippen molar-refractivity contribution >= 4 is 10.8 Å². The van der Waals surface area contributed by atoms with Gasteiger partial charge in [-0.2, -0.15) is 0 Å². The lowest BCUT2D eigenvalue weighted by atomic mass is 10.1. The Kier molecular flexibility index (Phi) is 3.99. The second-order valence-electron chi connectivity index (χ2n) is 4.48. The fourth-order valence-corrected chi connectivity index (χ4v) is 1.90. The molecule has 90 valence electrons. The average molecular weight is 229 g/mol. The highest BCUT2D eigenvalue weighted by Crippen LogP contribution is 2.20. The van der Waals surface area contributed by atoms with Gasteiger partial charge in [-0.1, -0.05) is 37.3 Å². The van der Waals surface area contributed by atoms with Gasteiger partial charge >= 0.3 is 0 Å². The van der Waals surface area contributed by atoms with Gasteiger partial charge in [-0.25, -0.2) is 0 Å². The third-order valence-electron chi connectivity index (χ3n) is 2.81. The monoisotopic (exact) mass is 229 g/mol. The minimum absolute atomic E-state index is 0.520. The molecule has 2 aromatic rings. The fourth-order valence-electron chi connectivity index (χ4n) is 1.90. The second kappa shape index (κ2) is 5.69. The van der Waals surface area contributed by atoms with Gasteiger partial charge in [0.25, 0.3) is 0 Å². The Morgan fingerprint density at radius 3 is 2.65 bits per heavy atom. The van der Waals surface area contributed by atoms with Gasteiger partial charge in [0.15, 0.2) is 0 Å². The van der Waals surface area contributed by atoms with Gasteiger partial charge < -0.3 is 10.1 Å². The lowest BCUT2D eigenvalue weighted by molar-refractivity contribution is 0.258. The first-order valence-electron chi connectivity index (χ1n) is 6.06. The van der Waals surface area contributed by atoms with Crippen LogP contribution in [-0.2, 0) is 0 Å². The van der Waals surface area contributed by atoms with Crippen molar-refractivity contribution in [3.05, 3.63) is 42.5 Å². The molecule has 0 aliphatic heterocycles. The van der Waals surface area contributed by atoms with Crippen LogP contribution in [0.4, 0.5) is 0 Å². The largest absolute Gasteiger partial charge is 0.493 e. The summed E-state index contributed by atoms with van der Waals surface area (Å²) in [4.78, 5) is 0. The standard InChI is InChI=1S/C15H19NO/c1-12(10-16-2)11-17-15-8-7-13-5-3-4-6-14(13)9-15/h3-9,12,16H,10-11H2,1-2H3. The number of ether oxygens (including phenoxy) is 1. The highest BCUT2D eigenvalue weighted by molar-refractivity contribution is 5.83. The van der Waals surface area contributed by atoms with Crippen molar-refractivity contribution < 1.29 is 4.74 Å². The molecule has 0 fully saturated rings. The second-order valence-corrected chi connectivity index (χ2v) is 4.48. The van der Waals surface area contributed by atoms with Gasteiger partial charge in [-0.05, 0) is 30.0 Å². The molecule has 2 rings (SSSR count). The van der Waals surface area contributed by atoms with E-state index >= 15 is 0 Å². The maximum absolute atomic E-state index is 5.79. The first kappa shape index (κ1) is 11.9.